The molecule has 4 rings (SSSR count). The number of aliphatic hydroxyl groups excluding tert-OH is 1. The second-order valence-corrected chi connectivity index (χ2v) is 8.45. The van der Waals surface area contributed by atoms with Gasteiger partial charge in [-0.1, -0.05) is 42.5 Å². The van der Waals surface area contributed by atoms with Crippen LogP contribution in [0.4, 0.5) is 4.39 Å². The van der Waals surface area contributed by atoms with Gasteiger partial charge in [-0.3, -0.25) is 4.90 Å². The number of benzene rings is 2. The lowest BCUT2D eigenvalue weighted by Gasteiger charge is -2.24. The summed E-state index contributed by atoms with van der Waals surface area (Å²) in [5.41, 5.74) is 2.55. The van der Waals surface area contributed by atoms with E-state index >= 15 is 0 Å². The summed E-state index contributed by atoms with van der Waals surface area (Å²) < 4.78 is 27.3. The Hall–Kier alpha value is -3.68. The van der Waals surface area contributed by atoms with Gasteiger partial charge in [-0.15, -0.1) is 6.58 Å². The number of furan rings is 1. The highest BCUT2D eigenvalue weighted by atomic mass is 19.1. The van der Waals surface area contributed by atoms with Crippen molar-refractivity contribution in [3.05, 3.63) is 103 Å². The van der Waals surface area contributed by atoms with E-state index in [1.165, 1.54) is 12.1 Å². The van der Waals surface area contributed by atoms with Crippen molar-refractivity contribution in [2.45, 2.75) is 32.0 Å². The van der Waals surface area contributed by atoms with Crippen LogP contribution in [0.5, 0.6) is 11.6 Å². The van der Waals surface area contributed by atoms with Gasteiger partial charge in [0.05, 0.1) is 24.5 Å². The smallest absolute Gasteiger partial charge is 0.222 e. The van der Waals surface area contributed by atoms with Gasteiger partial charge < -0.3 is 14.3 Å². The van der Waals surface area contributed by atoms with E-state index in [1.807, 2.05) is 42.5 Å². The van der Waals surface area contributed by atoms with Gasteiger partial charge in [0, 0.05) is 31.8 Å². The van der Waals surface area contributed by atoms with Crippen LogP contribution >= 0.6 is 0 Å². The van der Waals surface area contributed by atoms with E-state index in [1.54, 1.807) is 36.2 Å². The number of rotatable bonds is 12. The molecule has 0 aliphatic heterocycles. The summed E-state index contributed by atoms with van der Waals surface area (Å²) in [6, 6.07) is 19.7. The molecule has 0 aliphatic carbocycles. The fraction of sp³-hybridized carbons (Fsp3) is 0.250. The van der Waals surface area contributed by atoms with Gasteiger partial charge in [0.25, 0.3) is 0 Å². The summed E-state index contributed by atoms with van der Waals surface area (Å²) in [5, 5.41) is 15.4. The van der Waals surface area contributed by atoms with Gasteiger partial charge >= 0.3 is 0 Å². The molecule has 0 fully saturated rings. The molecule has 182 valence electrons. The second-order valence-electron chi connectivity index (χ2n) is 8.45. The zero-order chi connectivity index (χ0) is 24.6. The molecule has 6 nitrogen and oxygen atoms in total. The minimum absolute atomic E-state index is 0.376. The van der Waals surface area contributed by atoms with Crippen LogP contribution in [-0.4, -0.2) is 32.4 Å². The van der Waals surface area contributed by atoms with Gasteiger partial charge in [0.2, 0.25) is 5.88 Å². The summed E-state index contributed by atoms with van der Waals surface area (Å²) in [6.07, 6.45) is 4.25. The van der Waals surface area contributed by atoms with E-state index < -0.39 is 6.10 Å². The molecule has 0 aliphatic rings. The number of hydrogen-bond acceptors (Lipinski definition) is 5. The Labute approximate surface area is 204 Å². The van der Waals surface area contributed by atoms with Crippen LogP contribution < -0.4 is 4.74 Å². The molecule has 0 spiro atoms. The van der Waals surface area contributed by atoms with Crippen LogP contribution in [0.3, 0.4) is 0 Å². The molecule has 0 saturated heterocycles. The third-order valence-electron chi connectivity index (χ3n) is 5.66. The third kappa shape index (κ3) is 6.47. The fourth-order valence-electron chi connectivity index (χ4n) is 4.02. The highest BCUT2D eigenvalue weighted by Crippen LogP contribution is 2.34. The molecule has 0 radical (unpaired) electrons. The van der Waals surface area contributed by atoms with Gasteiger partial charge in [-0.2, -0.15) is 5.10 Å². The molecule has 0 saturated carbocycles. The van der Waals surface area contributed by atoms with Crippen molar-refractivity contribution < 1.29 is 18.7 Å². The van der Waals surface area contributed by atoms with Gasteiger partial charge in [-0.25, -0.2) is 9.07 Å². The van der Waals surface area contributed by atoms with Crippen LogP contribution in [0, 0.1) is 5.82 Å². The zero-order valence-corrected chi connectivity index (χ0v) is 19.8. The maximum Gasteiger partial charge on any atom is 0.222 e. The molecule has 2 aromatic carbocycles. The lowest BCUT2D eigenvalue weighted by atomic mass is 10.1. The molecule has 1 N–H and O–H groups in total. The first-order chi connectivity index (χ1) is 17.0. The lowest BCUT2D eigenvalue weighted by Crippen LogP contribution is -2.31. The summed E-state index contributed by atoms with van der Waals surface area (Å²) in [6.45, 7) is 5.12. The van der Waals surface area contributed by atoms with E-state index in [9.17, 15) is 9.50 Å². The van der Waals surface area contributed by atoms with Gasteiger partial charge in [0.1, 0.15) is 23.0 Å². The predicted octanol–water partition coefficient (Wildman–Crippen LogP) is 5.94. The van der Waals surface area contributed by atoms with Crippen molar-refractivity contribution in [2.24, 2.45) is 7.05 Å². The molecule has 2 aromatic heterocycles. The average Bonchev–Trinajstić information content (AvgIpc) is 3.47. The quantitative estimate of drug-likeness (QED) is 0.257. The molecule has 4 aromatic rings. The van der Waals surface area contributed by atoms with E-state index in [0.717, 1.165) is 29.0 Å². The largest absolute Gasteiger partial charge is 0.468 e. The number of hydrogen-bond donors (Lipinski definition) is 1. The summed E-state index contributed by atoms with van der Waals surface area (Å²) in [4.78, 5) is 2.11. The highest BCUT2D eigenvalue weighted by Gasteiger charge is 2.24. The molecule has 7 heteroatoms. The molecular weight excluding hydrogens is 445 g/mol. The monoisotopic (exact) mass is 475 g/mol. The van der Waals surface area contributed by atoms with E-state index in [-0.39, 0.29) is 5.82 Å². The zero-order valence-electron chi connectivity index (χ0n) is 19.8. The van der Waals surface area contributed by atoms with Crippen LogP contribution in [-0.2, 0) is 20.1 Å². The number of aromatic nitrogens is 2. The molecule has 1 atom stereocenters. The number of halogens is 1. The number of ether oxygens (including phenoxy) is 1. The lowest BCUT2D eigenvalue weighted by molar-refractivity contribution is 0.0941. The Kier molecular flexibility index (Phi) is 8.13. The standard InChI is InChI=1S/C28H30FN3O3/c1-3-4-13-23(33)18-32(19-25-15-9-16-34-25)20-26-27(21-10-6-5-7-11-21)30-31(2)28(26)35-24-14-8-12-22(29)17-24/h3,5-12,14-17,23,33H,1,4,13,18-20H2,2H3. The van der Waals surface area contributed by atoms with Crippen molar-refractivity contribution in [3.63, 3.8) is 0 Å². The SMILES string of the molecule is C=CCCC(O)CN(Cc1ccco1)Cc1c(-c2ccccc2)nn(C)c1Oc1cccc(F)c1. The number of aryl methyl sites for hydroxylation is 1. The number of allylic oxidation sites excluding steroid dienone is 1. The number of nitrogens with zero attached hydrogens (tertiary/aromatic N) is 3. The Morgan fingerprint density at radius 2 is 1.97 bits per heavy atom. The Balaban J connectivity index is 1.71. The van der Waals surface area contributed by atoms with Gasteiger partial charge in [-0.05, 0) is 37.1 Å². The van der Waals surface area contributed by atoms with Crippen molar-refractivity contribution in [1.82, 2.24) is 14.7 Å². The van der Waals surface area contributed by atoms with Crippen molar-refractivity contribution in [2.75, 3.05) is 6.54 Å². The van der Waals surface area contributed by atoms with Crippen LogP contribution in [0.1, 0.15) is 24.2 Å². The molecule has 35 heavy (non-hydrogen) atoms. The first kappa shape index (κ1) is 24.4. The highest BCUT2D eigenvalue weighted by molar-refractivity contribution is 5.65. The fourth-order valence-corrected chi connectivity index (χ4v) is 4.02. The first-order valence-electron chi connectivity index (χ1n) is 11.6. The number of aliphatic hydroxyl groups is 1. The third-order valence-corrected chi connectivity index (χ3v) is 5.66. The first-order valence-corrected chi connectivity index (χ1v) is 11.6. The van der Waals surface area contributed by atoms with Crippen LogP contribution in [0.15, 0.2) is 90.1 Å². The van der Waals surface area contributed by atoms with Crippen LogP contribution in [0.25, 0.3) is 11.3 Å². The van der Waals surface area contributed by atoms with E-state index in [2.05, 4.69) is 11.5 Å². The van der Waals surface area contributed by atoms with E-state index in [0.29, 0.717) is 37.7 Å². The topological polar surface area (TPSA) is 63.7 Å². The minimum atomic E-state index is -0.535. The molecule has 1 unspecified atom stereocenters. The Morgan fingerprint density at radius 1 is 1.14 bits per heavy atom. The maximum absolute atomic E-state index is 13.9. The van der Waals surface area contributed by atoms with Crippen LogP contribution in [0.2, 0.25) is 0 Å². The molecule has 2 heterocycles. The summed E-state index contributed by atoms with van der Waals surface area (Å²) in [7, 11) is 1.81. The van der Waals surface area contributed by atoms with Gasteiger partial charge in [0.15, 0.2) is 0 Å². The van der Waals surface area contributed by atoms with Crippen molar-refractivity contribution >= 4 is 0 Å². The maximum atomic E-state index is 13.9. The second kappa shape index (κ2) is 11.6. The summed E-state index contributed by atoms with van der Waals surface area (Å²) >= 11 is 0. The summed E-state index contributed by atoms with van der Waals surface area (Å²) in [5.74, 6) is 1.31. The molecule has 0 bridgehead atoms. The average molecular weight is 476 g/mol. The predicted molar refractivity (Wildman–Crippen MR) is 133 cm³/mol. The van der Waals surface area contributed by atoms with Crippen molar-refractivity contribution in [1.29, 1.82) is 0 Å². The molecule has 0 amide bonds. The van der Waals surface area contributed by atoms with E-state index in [4.69, 9.17) is 14.3 Å². The Morgan fingerprint density at radius 3 is 2.69 bits per heavy atom. The molecular formula is C28H30FN3O3. The van der Waals surface area contributed by atoms with Crippen molar-refractivity contribution in [3.8, 4) is 22.9 Å². The normalized spacial score (nSPS) is 12.1. The minimum Gasteiger partial charge on any atom is -0.468 e. The Bertz CT molecular complexity index is 1220.